The van der Waals surface area contributed by atoms with Crippen molar-refractivity contribution in [2.75, 3.05) is 13.2 Å². The highest BCUT2D eigenvalue weighted by atomic mass is 16.6. The van der Waals surface area contributed by atoms with E-state index < -0.39 is 65.2 Å². The number of benzene rings is 2. The summed E-state index contributed by atoms with van der Waals surface area (Å²) in [4.78, 5) is 39.2. The third-order valence-corrected chi connectivity index (χ3v) is 15.2. The Balaban J connectivity index is 1.07. The lowest BCUT2D eigenvalue weighted by Crippen LogP contribution is -2.63. The van der Waals surface area contributed by atoms with Crippen molar-refractivity contribution >= 4 is 18.0 Å². The molecule has 3 N–H and O–H groups in total. The van der Waals surface area contributed by atoms with Gasteiger partial charge >= 0.3 is 18.0 Å². The molecule has 2 aromatic carbocycles. The van der Waals surface area contributed by atoms with Crippen LogP contribution < -0.4 is 5.32 Å². The number of carbonyl (C=O) groups excluding carboxylic acids is 3. The highest BCUT2D eigenvalue weighted by molar-refractivity contribution is 5.80. The van der Waals surface area contributed by atoms with Crippen LogP contribution in [0.1, 0.15) is 111 Å². The summed E-state index contributed by atoms with van der Waals surface area (Å²) in [6.07, 6.45) is 2.30. The second-order valence-electron chi connectivity index (χ2n) is 19.1. The summed E-state index contributed by atoms with van der Waals surface area (Å²) in [7, 11) is 0. The van der Waals surface area contributed by atoms with Crippen molar-refractivity contribution in [1.82, 2.24) is 5.32 Å². The molecule has 0 heterocycles. The van der Waals surface area contributed by atoms with E-state index in [0.717, 1.165) is 71.1 Å². The monoisotopic (exact) mass is 793 g/mol. The molecule has 5 aliphatic rings. The van der Waals surface area contributed by atoms with Crippen molar-refractivity contribution in [3.05, 3.63) is 94.6 Å². The molecule has 7 rings (SSSR count). The van der Waals surface area contributed by atoms with Crippen LogP contribution in [0.15, 0.2) is 83.5 Å². The highest BCUT2D eigenvalue weighted by Crippen LogP contribution is 2.67. The fourth-order valence-electron chi connectivity index (χ4n) is 12.1. The van der Waals surface area contributed by atoms with Crippen molar-refractivity contribution in [1.29, 1.82) is 0 Å². The zero-order valence-corrected chi connectivity index (χ0v) is 35.6. The number of esters is 2. The number of amides is 1. The molecule has 5 aliphatic carbocycles. The van der Waals surface area contributed by atoms with E-state index in [1.165, 1.54) is 12.5 Å². The van der Waals surface area contributed by atoms with E-state index in [2.05, 4.69) is 64.7 Å². The SMILES string of the molecule is C=C(CC[C@@H](C)[C@H]1CC=C2C3=C([C@@H](O)[C@H](OC(C)=O)C21C)C1(C)C[C@@H](OC(=O)CNC(=O)OCC2c4ccccc4-c4ccccc42)[C@H](O)C(C)(C)C1CC3)C(C)C. The number of carbonyl (C=O) groups is 3. The maximum atomic E-state index is 13.4. The van der Waals surface area contributed by atoms with Crippen LogP contribution in [0.4, 0.5) is 4.79 Å². The van der Waals surface area contributed by atoms with E-state index >= 15 is 0 Å². The topological polar surface area (TPSA) is 131 Å². The Bertz CT molecular complexity index is 1980. The van der Waals surface area contributed by atoms with E-state index in [1.807, 2.05) is 50.2 Å². The van der Waals surface area contributed by atoms with Crippen molar-refractivity contribution in [3.63, 3.8) is 0 Å². The summed E-state index contributed by atoms with van der Waals surface area (Å²) >= 11 is 0. The number of rotatable bonds is 11. The number of hydrogen-bond donors (Lipinski definition) is 3. The van der Waals surface area contributed by atoms with E-state index in [1.54, 1.807) is 0 Å². The number of alkyl carbamates (subject to hydrolysis) is 1. The van der Waals surface area contributed by atoms with Gasteiger partial charge in [0.15, 0.2) is 0 Å². The number of allylic oxidation sites excluding steroid dienone is 3. The van der Waals surface area contributed by atoms with Crippen LogP contribution in [0.3, 0.4) is 0 Å². The van der Waals surface area contributed by atoms with E-state index in [4.69, 9.17) is 14.2 Å². The summed E-state index contributed by atoms with van der Waals surface area (Å²) < 4.78 is 17.8. The fraction of sp³-hybridized carbons (Fsp3) is 0.571. The molecule has 0 spiro atoms. The molecule has 0 radical (unpaired) electrons. The van der Waals surface area contributed by atoms with Gasteiger partial charge in [-0.25, -0.2) is 4.79 Å². The number of ether oxygens (including phenoxy) is 3. The normalized spacial score (nSPS) is 31.2. The second kappa shape index (κ2) is 15.8. The lowest BCUT2D eigenvalue weighted by molar-refractivity contribution is -0.193. The molecular weight excluding hydrogens is 731 g/mol. The van der Waals surface area contributed by atoms with E-state index in [-0.39, 0.29) is 30.8 Å². The summed E-state index contributed by atoms with van der Waals surface area (Å²) in [5.74, 6) is -0.442. The predicted molar refractivity (Wildman–Crippen MR) is 223 cm³/mol. The molecule has 0 aromatic heterocycles. The van der Waals surface area contributed by atoms with Crippen LogP contribution >= 0.6 is 0 Å². The molecule has 1 saturated carbocycles. The molecule has 3 unspecified atom stereocenters. The van der Waals surface area contributed by atoms with E-state index in [0.29, 0.717) is 11.8 Å². The lowest BCUT2D eigenvalue weighted by Gasteiger charge is -2.62. The van der Waals surface area contributed by atoms with Crippen molar-refractivity contribution in [2.45, 2.75) is 124 Å². The Morgan fingerprint density at radius 3 is 2.21 bits per heavy atom. The van der Waals surface area contributed by atoms with Gasteiger partial charge in [0.25, 0.3) is 0 Å². The average molecular weight is 794 g/mol. The van der Waals surface area contributed by atoms with Crippen LogP contribution in [0.2, 0.25) is 0 Å². The largest absolute Gasteiger partial charge is 0.458 e. The standard InChI is InChI=1S/C49H63NO8/c1-27(2)28(3)18-19-29(4)37-21-22-38-35-20-23-40-47(6,7)44(54)39(24-48(40,8)42(35)43(53)45(49(37,38)9)57-30(5)51)58-41(52)25-50-46(55)56-26-36-33-16-12-10-14-31(33)32-15-11-13-17-34(32)36/h10-17,22,27,29,36-37,39-40,43-45,53-54H,3,18-21,23-26H2,1-2,4-9H3,(H,50,55)/t29-,37-,39-,40?,43-,44+,45+,48?,49?/m1/s1. The van der Waals surface area contributed by atoms with Gasteiger partial charge in [0.2, 0.25) is 0 Å². The number of aliphatic hydroxyl groups is 2. The molecule has 0 saturated heterocycles. The Hall–Kier alpha value is -4.21. The first kappa shape index (κ1) is 41.9. The smallest absolute Gasteiger partial charge is 0.407 e. The fourth-order valence-corrected chi connectivity index (χ4v) is 12.1. The molecule has 9 nitrogen and oxygen atoms in total. The number of nitrogens with one attached hydrogen (secondary N) is 1. The van der Waals surface area contributed by atoms with Crippen molar-refractivity contribution in [3.8, 4) is 11.1 Å². The molecule has 0 aliphatic heterocycles. The first-order valence-electron chi connectivity index (χ1n) is 21.3. The third-order valence-electron chi connectivity index (χ3n) is 15.2. The molecular formula is C49H63NO8. The summed E-state index contributed by atoms with van der Waals surface area (Å²) in [6, 6.07) is 16.2. The molecule has 1 amide bonds. The molecule has 9 atom stereocenters. The minimum atomic E-state index is -1.08. The maximum absolute atomic E-state index is 13.4. The predicted octanol–water partition coefficient (Wildman–Crippen LogP) is 8.83. The molecule has 0 bridgehead atoms. The van der Waals surface area contributed by atoms with Crippen LogP contribution in [-0.2, 0) is 23.8 Å². The molecule has 58 heavy (non-hydrogen) atoms. The Morgan fingerprint density at radius 1 is 0.948 bits per heavy atom. The van der Waals surface area contributed by atoms with Gasteiger partial charge < -0.3 is 29.7 Å². The molecule has 9 heteroatoms. The van der Waals surface area contributed by atoms with Crippen LogP contribution in [-0.4, -0.2) is 65.8 Å². The maximum Gasteiger partial charge on any atom is 0.407 e. The Kier molecular flexibility index (Phi) is 11.4. The summed E-state index contributed by atoms with van der Waals surface area (Å²) in [6.45, 7) is 20.3. The van der Waals surface area contributed by atoms with Crippen LogP contribution in [0, 0.1) is 39.9 Å². The third kappa shape index (κ3) is 7.04. The van der Waals surface area contributed by atoms with Gasteiger partial charge in [-0.05, 0) is 112 Å². The quantitative estimate of drug-likeness (QED) is 0.117. The summed E-state index contributed by atoms with van der Waals surface area (Å²) in [5, 5.41) is 27.0. The number of fused-ring (bicyclic) bond motifs is 7. The first-order chi connectivity index (χ1) is 27.4. The zero-order chi connectivity index (χ0) is 41.9. The van der Waals surface area contributed by atoms with Crippen molar-refractivity contribution in [2.24, 2.45) is 39.9 Å². The Morgan fingerprint density at radius 2 is 1.59 bits per heavy atom. The van der Waals surface area contributed by atoms with Gasteiger partial charge in [0.1, 0.15) is 31.5 Å². The van der Waals surface area contributed by atoms with Crippen molar-refractivity contribution < 1.29 is 38.8 Å². The average Bonchev–Trinajstić information content (AvgIpc) is 3.70. The Labute approximate surface area is 344 Å². The molecule has 1 fully saturated rings. The minimum absolute atomic E-state index is 0.0570. The van der Waals surface area contributed by atoms with Crippen LogP contribution in [0.5, 0.6) is 0 Å². The van der Waals surface area contributed by atoms with Gasteiger partial charge in [0.05, 0.1) is 6.10 Å². The number of hydrogen-bond acceptors (Lipinski definition) is 8. The van der Waals surface area contributed by atoms with Gasteiger partial charge in [-0.2, -0.15) is 0 Å². The first-order valence-corrected chi connectivity index (χ1v) is 21.3. The molecule has 312 valence electrons. The summed E-state index contributed by atoms with van der Waals surface area (Å²) in [5.41, 5.74) is 6.77. The highest BCUT2D eigenvalue weighted by Gasteiger charge is 2.65. The minimum Gasteiger partial charge on any atom is -0.458 e. The molecule has 2 aromatic rings. The zero-order valence-electron chi connectivity index (χ0n) is 35.6. The van der Waals surface area contributed by atoms with E-state index in [9.17, 15) is 24.6 Å². The van der Waals surface area contributed by atoms with Gasteiger partial charge in [-0.3, -0.25) is 9.59 Å². The number of aliphatic hydroxyl groups excluding tert-OH is 2. The second-order valence-corrected chi connectivity index (χ2v) is 19.1. The van der Waals surface area contributed by atoms with Gasteiger partial charge in [-0.1, -0.05) is 115 Å². The van der Waals surface area contributed by atoms with Gasteiger partial charge in [-0.15, -0.1) is 0 Å². The van der Waals surface area contributed by atoms with Crippen LogP contribution in [0.25, 0.3) is 11.1 Å². The van der Waals surface area contributed by atoms with Gasteiger partial charge in [0, 0.05) is 18.3 Å². The lowest BCUT2D eigenvalue weighted by atomic mass is 9.45.